The number of nitrogens with zero attached hydrogens (tertiary/aromatic N) is 1. The van der Waals surface area contributed by atoms with Crippen molar-refractivity contribution in [2.24, 2.45) is 0 Å². The lowest BCUT2D eigenvalue weighted by Gasteiger charge is -2.37. The van der Waals surface area contributed by atoms with Crippen LogP contribution in [0.3, 0.4) is 0 Å². The third-order valence-corrected chi connectivity index (χ3v) is 4.36. The molecule has 1 saturated heterocycles. The molecule has 0 bridgehead atoms. The minimum Gasteiger partial charge on any atom is -0.363 e. The van der Waals surface area contributed by atoms with E-state index in [4.69, 9.17) is 0 Å². The molecule has 0 saturated carbocycles. The first-order valence-corrected chi connectivity index (χ1v) is 7.58. The molecule has 0 radical (unpaired) electrons. The first-order chi connectivity index (χ1) is 10.7. The fraction of sp³-hybridized carbons (Fsp3) is 1.00. The summed E-state index contributed by atoms with van der Waals surface area (Å²) in [6, 6.07) is -1.33. The molecule has 10 heteroatoms. The van der Waals surface area contributed by atoms with E-state index < -0.39 is 42.4 Å². The van der Waals surface area contributed by atoms with Crippen molar-refractivity contribution >= 4 is 0 Å². The summed E-state index contributed by atoms with van der Waals surface area (Å²) in [4.78, 5) is 1.45. The highest BCUT2D eigenvalue weighted by molar-refractivity contribution is 4.92. The highest BCUT2D eigenvalue weighted by Gasteiger charge is 2.61. The van der Waals surface area contributed by atoms with Crippen LogP contribution in [0.15, 0.2) is 0 Å². The van der Waals surface area contributed by atoms with Gasteiger partial charge in [0.15, 0.2) is 0 Å². The van der Waals surface area contributed by atoms with Gasteiger partial charge < -0.3 is 4.74 Å². The Morgan fingerprint density at radius 2 is 1.21 bits per heavy atom. The number of ether oxygens (including phenoxy) is 1. The molecular formula is C14H21F8NO. The van der Waals surface area contributed by atoms with Crippen molar-refractivity contribution in [1.82, 2.24) is 4.90 Å². The van der Waals surface area contributed by atoms with E-state index in [-0.39, 0.29) is 0 Å². The Kier molecular flexibility index (Phi) is 6.52. The fourth-order valence-electron chi connectivity index (χ4n) is 2.62. The van der Waals surface area contributed by atoms with Gasteiger partial charge in [0.1, 0.15) is 12.2 Å². The quantitative estimate of drug-likeness (QED) is 0.614. The van der Waals surface area contributed by atoms with Gasteiger partial charge in [-0.1, -0.05) is 0 Å². The van der Waals surface area contributed by atoms with E-state index in [2.05, 4.69) is 4.74 Å². The fourth-order valence-corrected chi connectivity index (χ4v) is 2.62. The zero-order valence-electron chi connectivity index (χ0n) is 13.5. The van der Waals surface area contributed by atoms with E-state index in [0.29, 0.717) is 20.0 Å². The van der Waals surface area contributed by atoms with Gasteiger partial charge in [0.25, 0.3) is 12.1 Å². The van der Waals surface area contributed by atoms with Crippen LogP contribution in [0.25, 0.3) is 0 Å². The second kappa shape index (κ2) is 7.31. The lowest BCUT2D eigenvalue weighted by Crippen LogP contribution is -2.55. The number of likely N-dealkylation sites (tertiary alicyclic amines) is 1. The normalized spacial score (nSPS) is 23.1. The summed E-state index contributed by atoms with van der Waals surface area (Å²) in [6.45, 7) is 3.26. The smallest absolute Gasteiger partial charge is 0.363 e. The molecule has 0 aromatic carbocycles. The van der Waals surface area contributed by atoms with Gasteiger partial charge in [-0.2, -0.15) is 13.2 Å². The molecule has 0 aromatic rings. The van der Waals surface area contributed by atoms with Crippen molar-refractivity contribution in [2.75, 3.05) is 13.1 Å². The third kappa shape index (κ3) is 4.50. The van der Waals surface area contributed by atoms with Gasteiger partial charge in [0.05, 0.1) is 6.04 Å². The Balaban J connectivity index is 2.78. The van der Waals surface area contributed by atoms with E-state index in [9.17, 15) is 35.1 Å². The van der Waals surface area contributed by atoms with Gasteiger partial charge in [0, 0.05) is 0 Å². The molecule has 1 aliphatic heterocycles. The summed E-state index contributed by atoms with van der Waals surface area (Å²) in [5.74, 6) is -8.56. The largest absolute Gasteiger partial charge is 0.425 e. The Bertz CT molecular complexity index is 408. The van der Waals surface area contributed by atoms with Gasteiger partial charge in [-0.3, -0.25) is 4.90 Å². The lowest BCUT2D eigenvalue weighted by molar-refractivity contribution is -0.286. The molecule has 0 N–H and O–H groups in total. The van der Waals surface area contributed by atoms with Crippen molar-refractivity contribution in [3.8, 4) is 0 Å². The second-order valence-corrected chi connectivity index (χ2v) is 6.09. The first kappa shape index (κ1) is 21.4. The van der Waals surface area contributed by atoms with E-state index in [1.54, 1.807) is 0 Å². The van der Waals surface area contributed by atoms with Crippen LogP contribution in [0, 0.1) is 0 Å². The molecule has 4 atom stereocenters. The van der Waals surface area contributed by atoms with Crippen LogP contribution in [0.4, 0.5) is 35.1 Å². The van der Waals surface area contributed by atoms with Gasteiger partial charge in [-0.15, -0.1) is 0 Å². The minimum absolute atomic E-state index is 0.413. The molecule has 144 valence electrons. The summed E-state index contributed by atoms with van der Waals surface area (Å²) < 4.78 is 109. The minimum atomic E-state index is -5.81. The standard InChI is InChI=1S/C14H21F8NO/c1-8(23-6-4-5-7-23)12(16,17)9(2)24-10(3)13(18,19)11(15)14(20,21)22/h8-11H,4-7H2,1-3H3. The van der Waals surface area contributed by atoms with Crippen LogP contribution in [0.5, 0.6) is 0 Å². The average molecular weight is 371 g/mol. The summed E-state index contributed by atoms with van der Waals surface area (Å²) in [6.07, 6.45) is -13.6. The van der Waals surface area contributed by atoms with Crippen molar-refractivity contribution in [3.05, 3.63) is 0 Å². The second-order valence-electron chi connectivity index (χ2n) is 6.09. The first-order valence-electron chi connectivity index (χ1n) is 7.58. The Morgan fingerprint density at radius 1 is 0.792 bits per heavy atom. The SMILES string of the molecule is CC(OC(C)C(F)(F)C(F)C(F)(F)F)C(F)(F)C(C)N1CCCC1. The van der Waals surface area contributed by atoms with Gasteiger partial charge >= 0.3 is 12.1 Å². The number of halogens is 8. The zero-order valence-corrected chi connectivity index (χ0v) is 13.5. The molecule has 24 heavy (non-hydrogen) atoms. The number of rotatable bonds is 7. The van der Waals surface area contributed by atoms with Crippen molar-refractivity contribution < 1.29 is 39.9 Å². The van der Waals surface area contributed by atoms with Crippen LogP contribution in [0.1, 0.15) is 33.6 Å². The Morgan fingerprint density at radius 3 is 1.62 bits per heavy atom. The highest BCUT2D eigenvalue weighted by Crippen LogP contribution is 2.40. The zero-order chi connectivity index (χ0) is 18.9. The van der Waals surface area contributed by atoms with Crippen LogP contribution in [-0.2, 0) is 4.74 Å². The molecule has 1 fully saturated rings. The van der Waals surface area contributed by atoms with Gasteiger partial charge in [0.2, 0.25) is 0 Å². The van der Waals surface area contributed by atoms with E-state index in [0.717, 1.165) is 19.8 Å². The third-order valence-electron chi connectivity index (χ3n) is 4.36. The maximum absolute atomic E-state index is 14.3. The highest BCUT2D eigenvalue weighted by atomic mass is 19.4. The van der Waals surface area contributed by atoms with Gasteiger partial charge in [-0.25, -0.2) is 22.0 Å². The number of alkyl halides is 8. The van der Waals surface area contributed by atoms with Crippen molar-refractivity contribution in [2.45, 2.75) is 76.1 Å². The maximum atomic E-state index is 14.3. The van der Waals surface area contributed by atoms with Crippen molar-refractivity contribution in [1.29, 1.82) is 0 Å². The van der Waals surface area contributed by atoms with Crippen molar-refractivity contribution in [3.63, 3.8) is 0 Å². The summed E-state index contributed by atoms with van der Waals surface area (Å²) >= 11 is 0. The molecule has 0 aliphatic carbocycles. The monoisotopic (exact) mass is 371 g/mol. The number of hydrogen-bond donors (Lipinski definition) is 0. The predicted molar refractivity (Wildman–Crippen MR) is 71.1 cm³/mol. The molecular weight excluding hydrogens is 350 g/mol. The summed E-state index contributed by atoms with van der Waals surface area (Å²) in [7, 11) is 0. The summed E-state index contributed by atoms with van der Waals surface area (Å²) in [5.41, 5.74) is 0. The molecule has 1 rings (SSSR count). The predicted octanol–water partition coefficient (Wildman–Crippen LogP) is 4.44. The van der Waals surface area contributed by atoms with Crippen LogP contribution < -0.4 is 0 Å². The van der Waals surface area contributed by atoms with E-state index >= 15 is 0 Å². The molecule has 0 amide bonds. The molecule has 1 heterocycles. The van der Waals surface area contributed by atoms with E-state index in [1.807, 2.05) is 0 Å². The Labute approximate surface area is 135 Å². The average Bonchev–Trinajstić information content (AvgIpc) is 2.98. The molecule has 1 aliphatic rings. The molecule has 2 nitrogen and oxygen atoms in total. The van der Waals surface area contributed by atoms with E-state index in [1.165, 1.54) is 11.8 Å². The molecule has 0 aromatic heterocycles. The summed E-state index contributed by atoms with van der Waals surface area (Å²) in [5, 5.41) is 0. The molecule has 0 spiro atoms. The topological polar surface area (TPSA) is 12.5 Å². The number of hydrogen-bond acceptors (Lipinski definition) is 2. The Hall–Kier alpha value is -0.640. The molecule has 4 unspecified atom stereocenters. The maximum Gasteiger partial charge on any atom is 0.425 e. The van der Waals surface area contributed by atoms with Crippen LogP contribution in [-0.4, -0.2) is 60.4 Å². The van der Waals surface area contributed by atoms with Crippen LogP contribution in [0.2, 0.25) is 0 Å². The van der Waals surface area contributed by atoms with Gasteiger partial charge in [-0.05, 0) is 46.7 Å². The lowest BCUT2D eigenvalue weighted by atomic mass is 10.0. The van der Waals surface area contributed by atoms with Crippen LogP contribution >= 0.6 is 0 Å².